The monoisotopic (exact) mass is 458 g/mol. The molecule has 2 fully saturated rings. The highest BCUT2D eigenvalue weighted by Crippen LogP contribution is 2.40. The van der Waals surface area contributed by atoms with Crippen molar-refractivity contribution in [2.75, 3.05) is 31.2 Å². The van der Waals surface area contributed by atoms with Crippen LogP contribution in [-0.2, 0) is 34.0 Å². The van der Waals surface area contributed by atoms with Gasteiger partial charge < -0.3 is 24.8 Å². The first kappa shape index (κ1) is 22.4. The first-order valence-electron chi connectivity index (χ1n) is 11.7. The van der Waals surface area contributed by atoms with Crippen LogP contribution in [0.4, 0.5) is 5.69 Å². The number of benzene rings is 3. The summed E-state index contributed by atoms with van der Waals surface area (Å²) in [4.78, 5) is 13.1. The van der Waals surface area contributed by atoms with E-state index in [4.69, 9.17) is 19.9 Å². The summed E-state index contributed by atoms with van der Waals surface area (Å²) in [6.07, 6.45) is 1.16. The van der Waals surface area contributed by atoms with Gasteiger partial charge in [0.05, 0.1) is 13.2 Å². The Hall–Kier alpha value is -3.35. The standard InChI is InChI=1S/C28H30N2O4/c29-14-21-4-3-6-23(10-21)25-11-22(15-34-27-7-2-1-5-24(27)16-32-20-31)12-26(13-25)30-9-8-28(17-30)18-33-19-28/h1-7,10-13,20H,8-9,14-19,29H2. The number of carbonyl (C=O) groups excluding carboxylic acids is 1. The van der Waals surface area contributed by atoms with Gasteiger partial charge in [-0.05, 0) is 59.0 Å². The number of carbonyl (C=O) groups is 1. The van der Waals surface area contributed by atoms with Gasteiger partial charge >= 0.3 is 0 Å². The van der Waals surface area contributed by atoms with Crippen molar-refractivity contribution in [1.82, 2.24) is 0 Å². The molecule has 0 radical (unpaired) electrons. The number of rotatable bonds is 9. The molecular weight excluding hydrogens is 428 g/mol. The van der Waals surface area contributed by atoms with Crippen LogP contribution in [-0.4, -0.2) is 32.8 Å². The lowest BCUT2D eigenvalue weighted by atomic mass is 9.85. The van der Waals surface area contributed by atoms with Gasteiger partial charge in [0.25, 0.3) is 6.47 Å². The van der Waals surface area contributed by atoms with Crippen LogP contribution < -0.4 is 15.4 Å². The van der Waals surface area contributed by atoms with Crippen LogP contribution >= 0.6 is 0 Å². The highest BCUT2D eigenvalue weighted by molar-refractivity contribution is 5.70. The Labute approximate surface area is 200 Å². The zero-order chi connectivity index (χ0) is 23.4. The molecule has 2 saturated heterocycles. The summed E-state index contributed by atoms with van der Waals surface area (Å²) in [6.45, 7) is 5.34. The Morgan fingerprint density at radius 3 is 2.59 bits per heavy atom. The molecule has 2 aliphatic heterocycles. The molecule has 6 heteroatoms. The smallest absolute Gasteiger partial charge is 0.293 e. The predicted octanol–water partition coefficient (Wildman–Crippen LogP) is 4.29. The first-order valence-corrected chi connectivity index (χ1v) is 11.7. The molecule has 0 unspecified atom stereocenters. The van der Waals surface area contributed by atoms with Crippen molar-refractivity contribution < 1.29 is 19.0 Å². The number of ether oxygens (including phenoxy) is 3. The highest BCUT2D eigenvalue weighted by atomic mass is 16.5. The van der Waals surface area contributed by atoms with E-state index < -0.39 is 0 Å². The zero-order valence-corrected chi connectivity index (χ0v) is 19.2. The minimum Gasteiger partial charge on any atom is -0.488 e. The number of nitrogens with zero attached hydrogens (tertiary/aromatic N) is 1. The summed E-state index contributed by atoms with van der Waals surface area (Å²) in [5.74, 6) is 0.716. The predicted molar refractivity (Wildman–Crippen MR) is 131 cm³/mol. The van der Waals surface area contributed by atoms with Crippen LogP contribution in [0.5, 0.6) is 5.75 Å². The second-order valence-corrected chi connectivity index (χ2v) is 9.26. The van der Waals surface area contributed by atoms with Crippen molar-refractivity contribution in [3.05, 3.63) is 83.4 Å². The summed E-state index contributed by atoms with van der Waals surface area (Å²) in [5.41, 5.74) is 12.7. The first-order chi connectivity index (χ1) is 16.7. The number of para-hydroxylation sites is 1. The molecule has 0 aliphatic carbocycles. The van der Waals surface area contributed by atoms with Gasteiger partial charge in [-0.25, -0.2) is 0 Å². The Bertz CT molecular complexity index is 1160. The molecule has 3 aromatic carbocycles. The van der Waals surface area contributed by atoms with E-state index in [2.05, 4.69) is 47.4 Å². The van der Waals surface area contributed by atoms with Gasteiger partial charge in [0.1, 0.15) is 19.0 Å². The molecule has 0 atom stereocenters. The van der Waals surface area contributed by atoms with Gasteiger partial charge in [-0.15, -0.1) is 0 Å². The molecule has 34 heavy (non-hydrogen) atoms. The molecule has 2 heterocycles. The topological polar surface area (TPSA) is 74.0 Å². The SMILES string of the molecule is NCc1cccc(-c2cc(COc3ccccc3COC=O)cc(N3CCC4(COC4)C3)c2)c1. The number of hydrogen-bond acceptors (Lipinski definition) is 6. The molecular formula is C28H30N2O4. The van der Waals surface area contributed by atoms with Crippen molar-refractivity contribution in [1.29, 1.82) is 0 Å². The van der Waals surface area contributed by atoms with Gasteiger partial charge in [-0.2, -0.15) is 0 Å². The Kier molecular flexibility index (Phi) is 6.52. The van der Waals surface area contributed by atoms with E-state index in [1.807, 2.05) is 24.3 Å². The fraction of sp³-hybridized carbons (Fsp3) is 0.321. The third-order valence-corrected chi connectivity index (χ3v) is 6.77. The summed E-state index contributed by atoms with van der Waals surface area (Å²) in [5, 5.41) is 0. The van der Waals surface area contributed by atoms with Gasteiger partial charge in [0, 0.05) is 36.3 Å². The average molecular weight is 459 g/mol. The van der Waals surface area contributed by atoms with Crippen LogP contribution in [0.25, 0.3) is 11.1 Å². The minimum atomic E-state index is 0.189. The van der Waals surface area contributed by atoms with Crippen molar-refractivity contribution in [3.8, 4) is 16.9 Å². The lowest BCUT2D eigenvalue weighted by Crippen LogP contribution is -2.44. The van der Waals surface area contributed by atoms with Gasteiger partial charge in [0.15, 0.2) is 0 Å². The number of nitrogens with two attached hydrogens (primary N) is 1. The van der Waals surface area contributed by atoms with E-state index in [1.165, 1.54) is 5.69 Å². The second kappa shape index (κ2) is 9.87. The van der Waals surface area contributed by atoms with Crippen LogP contribution in [0.2, 0.25) is 0 Å². The maximum atomic E-state index is 10.6. The zero-order valence-electron chi connectivity index (χ0n) is 19.2. The van der Waals surface area contributed by atoms with Crippen LogP contribution in [0, 0.1) is 5.41 Å². The Morgan fingerprint density at radius 2 is 1.82 bits per heavy atom. The second-order valence-electron chi connectivity index (χ2n) is 9.26. The normalized spacial score (nSPS) is 16.3. The van der Waals surface area contributed by atoms with Crippen LogP contribution in [0.3, 0.4) is 0 Å². The molecule has 6 nitrogen and oxygen atoms in total. The Morgan fingerprint density at radius 1 is 0.971 bits per heavy atom. The van der Waals surface area contributed by atoms with Crippen LogP contribution in [0.15, 0.2) is 66.7 Å². The molecule has 0 amide bonds. The van der Waals surface area contributed by atoms with Gasteiger partial charge in [-0.3, -0.25) is 4.79 Å². The lowest BCUT2D eigenvalue weighted by Gasteiger charge is -2.38. The average Bonchev–Trinajstić information content (AvgIpc) is 3.33. The molecule has 5 rings (SSSR count). The van der Waals surface area contributed by atoms with Gasteiger partial charge in [0.2, 0.25) is 0 Å². The maximum Gasteiger partial charge on any atom is 0.293 e. The third-order valence-electron chi connectivity index (χ3n) is 6.77. The molecule has 0 aromatic heterocycles. The quantitative estimate of drug-likeness (QED) is 0.482. The number of hydrogen-bond donors (Lipinski definition) is 1. The molecule has 0 saturated carbocycles. The van der Waals surface area contributed by atoms with Crippen molar-refractivity contribution in [2.45, 2.75) is 26.2 Å². The van der Waals surface area contributed by atoms with E-state index >= 15 is 0 Å². The largest absolute Gasteiger partial charge is 0.488 e. The lowest BCUT2D eigenvalue weighted by molar-refractivity contribution is -0.129. The fourth-order valence-electron chi connectivity index (χ4n) is 4.82. The third kappa shape index (κ3) is 4.79. The van der Waals surface area contributed by atoms with Crippen molar-refractivity contribution in [3.63, 3.8) is 0 Å². The van der Waals surface area contributed by atoms with E-state index in [-0.39, 0.29) is 6.61 Å². The summed E-state index contributed by atoms with van der Waals surface area (Å²) in [7, 11) is 0. The van der Waals surface area contributed by atoms with Crippen molar-refractivity contribution in [2.24, 2.45) is 11.1 Å². The molecule has 0 bridgehead atoms. The highest BCUT2D eigenvalue weighted by Gasteiger charge is 2.44. The molecule has 176 valence electrons. The summed E-state index contributed by atoms with van der Waals surface area (Å²) >= 11 is 0. The molecule has 2 aliphatic rings. The fourth-order valence-corrected chi connectivity index (χ4v) is 4.82. The summed E-state index contributed by atoms with van der Waals surface area (Å²) < 4.78 is 16.7. The van der Waals surface area contributed by atoms with E-state index in [9.17, 15) is 4.79 Å². The molecule has 1 spiro atoms. The van der Waals surface area contributed by atoms with E-state index in [0.29, 0.717) is 30.8 Å². The van der Waals surface area contributed by atoms with E-state index in [1.54, 1.807) is 0 Å². The minimum absolute atomic E-state index is 0.189. The summed E-state index contributed by atoms with van der Waals surface area (Å²) in [6, 6.07) is 22.7. The number of anilines is 1. The van der Waals surface area contributed by atoms with E-state index in [0.717, 1.165) is 60.5 Å². The Balaban J connectivity index is 1.43. The maximum absolute atomic E-state index is 10.6. The van der Waals surface area contributed by atoms with Crippen molar-refractivity contribution >= 4 is 12.2 Å². The van der Waals surface area contributed by atoms with Crippen LogP contribution in [0.1, 0.15) is 23.1 Å². The molecule has 2 N–H and O–H groups in total. The van der Waals surface area contributed by atoms with Gasteiger partial charge in [-0.1, -0.05) is 36.4 Å². The molecule has 3 aromatic rings.